The summed E-state index contributed by atoms with van der Waals surface area (Å²) < 4.78 is 26.3. The summed E-state index contributed by atoms with van der Waals surface area (Å²) in [5.41, 5.74) is 2.11. The lowest BCUT2D eigenvalue weighted by Crippen LogP contribution is -2.26. The molecule has 0 unspecified atom stereocenters. The first-order valence-electron chi connectivity index (χ1n) is 6.53. The first kappa shape index (κ1) is 15.0. The molecule has 0 radical (unpaired) electrons. The van der Waals surface area contributed by atoms with Crippen molar-refractivity contribution < 1.29 is 8.42 Å². The van der Waals surface area contributed by atoms with Crippen molar-refractivity contribution in [2.75, 3.05) is 19.3 Å². The van der Waals surface area contributed by atoms with E-state index < -0.39 is 10.0 Å². The fourth-order valence-corrected chi connectivity index (χ4v) is 2.54. The van der Waals surface area contributed by atoms with Gasteiger partial charge in [0.05, 0.1) is 23.8 Å². The Kier molecular flexibility index (Phi) is 4.74. The van der Waals surface area contributed by atoms with Gasteiger partial charge in [-0.3, -0.25) is 0 Å². The number of aromatic nitrogens is 2. The van der Waals surface area contributed by atoms with E-state index in [1.54, 1.807) is 0 Å². The van der Waals surface area contributed by atoms with E-state index in [1.165, 1.54) is 6.26 Å². The summed E-state index contributed by atoms with van der Waals surface area (Å²) in [5, 5.41) is 3.27. The van der Waals surface area contributed by atoms with Gasteiger partial charge in [0.25, 0.3) is 0 Å². The molecule has 6 nitrogen and oxygen atoms in total. The van der Waals surface area contributed by atoms with Gasteiger partial charge in [-0.05, 0) is 25.1 Å². The standard InChI is InChI=1S/C13H20N4O2S/c1-17-12-7-4-3-6-11(12)16-13(17)10-14-8-5-9-15-20(2,18)19/h3-4,6-7,14-15H,5,8-10H2,1-2H3. The minimum absolute atomic E-state index is 0.453. The van der Waals surface area contributed by atoms with Crippen LogP contribution in [0.15, 0.2) is 24.3 Å². The summed E-state index contributed by atoms with van der Waals surface area (Å²) >= 11 is 0. The van der Waals surface area contributed by atoms with E-state index in [9.17, 15) is 8.42 Å². The highest BCUT2D eigenvalue weighted by atomic mass is 32.2. The van der Waals surface area contributed by atoms with Crippen LogP contribution in [0.4, 0.5) is 0 Å². The Balaban J connectivity index is 1.80. The molecule has 0 saturated heterocycles. The summed E-state index contributed by atoms with van der Waals surface area (Å²) in [6, 6.07) is 8.01. The molecule has 0 fully saturated rings. The Morgan fingerprint density at radius 3 is 2.70 bits per heavy atom. The van der Waals surface area contributed by atoms with Crippen molar-refractivity contribution in [1.82, 2.24) is 19.6 Å². The van der Waals surface area contributed by atoms with Crippen molar-refractivity contribution in [3.63, 3.8) is 0 Å². The summed E-state index contributed by atoms with van der Waals surface area (Å²) in [4.78, 5) is 4.56. The summed E-state index contributed by atoms with van der Waals surface area (Å²) in [6.45, 7) is 1.87. The molecule has 1 heterocycles. The molecular weight excluding hydrogens is 276 g/mol. The molecule has 0 atom stereocenters. The molecule has 0 aliphatic carbocycles. The van der Waals surface area contributed by atoms with Crippen LogP contribution in [0, 0.1) is 0 Å². The van der Waals surface area contributed by atoms with Crippen molar-refractivity contribution in [1.29, 1.82) is 0 Å². The van der Waals surface area contributed by atoms with Crippen LogP contribution < -0.4 is 10.0 Å². The molecule has 0 aliphatic heterocycles. The number of benzene rings is 1. The Morgan fingerprint density at radius 2 is 2.00 bits per heavy atom. The van der Waals surface area contributed by atoms with Crippen molar-refractivity contribution in [3.8, 4) is 0 Å². The molecule has 7 heteroatoms. The van der Waals surface area contributed by atoms with Gasteiger partial charge < -0.3 is 9.88 Å². The van der Waals surface area contributed by atoms with Crippen molar-refractivity contribution >= 4 is 21.1 Å². The normalized spacial score (nSPS) is 12.1. The van der Waals surface area contributed by atoms with Gasteiger partial charge in [0.1, 0.15) is 5.82 Å². The second kappa shape index (κ2) is 6.34. The first-order valence-corrected chi connectivity index (χ1v) is 8.42. The molecule has 2 rings (SSSR count). The van der Waals surface area contributed by atoms with E-state index in [-0.39, 0.29) is 0 Å². The summed E-state index contributed by atoms with van der Waals surface area (Å²) in [6.07, 6.45) is 1.91. The van der Waals surface area contributed by atoms with Gasteiger partial charge in [-0.15, -0.1) is 0 Å². The average molecular weight is 296 g/mol. The van der Waals surface area contributed by atoms with Crippen LogP contribution in [0.3, 0.4) is 0 Å². The Bertz CT molecular complexity index is 679. The third kappa shape index (κ3) is 4.03. The van der Waals surface area contributed by atoms with Crippen LogP contribution in [0.1, 0.15) is 12.2 Å². The zero-order chi connectivity index (χ0) is 14.6. The second-order valence-electron chi connectivity index (χ2n) is 4.77. The van der Waals surface area contributed by atoms with E-state index in [4.69, 9.17) is 0 Å². The van der Waals surface area contributed by atoms with E-state index in [1.807, 2.05) is 31.3 Å². The number of hydrogen-bond donors (Lipinski definition) is 2. The van der Waals surface area contributed by atoms with Gasteiger partial charge in [-0.2, -0.15) is 0 Å². The lowest BCUT2D eigenvalue weighted by molar-refractivity contribution is 0.575. The molecule has 2 aromatic rings. The molecule has 0 saturated carbocycles. The SMILES string of the molecule is Cn1c(CNCCCNS(C)(=O)=O)nc2ccccc21. The van der Waals surface area contributed by atoms with Gasteiger partial charge in [-0.25, -0.2) is 18.1 Å². The summed E-state index contributed by atoms with van der Waals surface area (Å²) in [5.74, 6) is 0.974. The van der Waals surface area contributed by atoms with Gasteiger partial charge in [0.15, 0.2) is 0 Å². The Hall–Kier alpha value is -1.44. The maximum Gasteiger partial charge on any atom is 0.208 e. The van der Waals surface area contributed by atoms with Gasteiger partial charge in [0.2, 0.25) is 10.0 Å². The molecular formula is C13H20N4O2S. The van der Waals surface area contributed by atoms with Crippen LogP contribution in [0.2, 0.25) is 0 Å². The quantitative estimate of drug-likeness (QED) is 0.734. The highest BCUT2D eigenvalue weighted by Gasteiger charge is 2.06. The molecule has 2 N–H and O–H groups in total. The lowest BCUT2D eigenvalue weighted by atomic mass is 10.3. The number of sulfonamides is 1. The van der Waals surface area contributed by atoms with Crippen molar-refractivity contribution in [3.05, 3.63) is 30.1 Å². The molecule has 0 amide bonds. The highest BCUT2D eigenvalue weighted by molar-refractivity contribution is 7.88. The van der Waals surface area contributed by atoms with E-state index in [0.717, 1.165) is 29.8 Å². The van der Waals surface area contributed by atoms with E-state index >= 15 is 0 Å². The minimum Gasteiger partial charge on any atom is -0.330 e. The monoisotopic (exact) mass is 296 g/mol. The molecule has 0 aliphatic rings. The molecule has 1 aromatic carbocycles. The number of rotatable bonds is 7. The largest absolute Gasteiger partial charge is 0.330 e. The number of fused-ring (bicyclic) bond motifs is 1. The first-order chi connectivity index (χ1) is 9.47. The number of aryl methyl sites for hydroxylation is 1. The Labute approximate surface area is 119 Å². The lowest BCUT2D eigenvalue weighted by Gasteiger charge is -2.05. The van der Waals surface area contributed by atoms with Crippen LogP contribution in [0.5, 0.6) is 0 Å². The van der Waals surface area contributed by atoms with E-state index in [0.29, 0.717) is 13.1 Å². The molecule has 1 aromatic heterocycles. The zero-order valence-corrected chi connectivity index (χ0v) is 12.6. The molecule has 0 bridgehead atoms. The fraction of sp³-hybridized carbons (Fsp3) is 0.462. The topological polar surface area (TPSA) is 76.0 Å². The van der Waals surface area contributed by atoms with Crippen LogP contribution in [-0.2, 0) is 23.6 Å². The van der Waals surface area contributed by atoms with Crippen LogP contribution in [-0.4, -0.2) is 37.3 Å². The second-order valence-corrected chi connectivity index (χ2v) is 6.61. The van der Waals surface area contributed by atoms with Gasteiger partial charge in [0, 0.05) is 13.6 Å². The van der Waals surface area contributed by atoms with Crippen molar-refractivity contribution in [2.45, 2.75) is 13.0 Å². The third-order valence-electron chi connectivity index (χ3n) is 3.06. The zero-order valence-electron chi connectivity index (χ0n) is 11.8. The number of nitrogens with one attached hydrogen (secondary N) is 2. The van der Waals surface area contributed by atoms with Crippen LogP contribution in [0.25, 0.3) is 11.0 Å². The maximum absolute atomic E-state index is 10.9. The minimum atomic E-state index is -3.08. The smallest absolute Gasteiger partial charge is 0.208 e. The molecule has 20 heavy (non-hydrogen) atoms. The molecule has 110 valence electrons. The average Bonchev–Trinajstić information content (AvgIpc) is 2.70. The number of para-hydroxylation sites is 2. The number of imidazole rings is 1. The maximum atomic E-state index is 10.9. The van der Waals surface area contributed by atoms with Gasteiger partial charge >= 0.3 is 0 Å². The fourth-order valence-electron chi connectivity index (χ4n) is 2.02. The predicted molar refractivity (Wildman–Crippen MR) is 79.9 cm³/mol. The predicted octanol–water partition coefficient (Wildman–Crippen LogP) is 0.602. The van der Waals surface area contributed by atoms with Crippen molar-refractivity contribution in [2.24, 2.45) is 7.05 Å². The molecule has 0 spiro atoms. The number of hydrogen-bond acceptors (Lipinski definition) is 4. The van der Waals surface area contributed by atoms with Crippen LogP contribution >= 0.6 is 0 Å². The number of nitrogens with zero attached hydrogens (tertiary/aromatic N) is 2. The van der Waals surface area contributed by atoms with Gasteiger partial charge in [-0.1, -0.05) is 12.1 Å². The Morgan fingerprint density at radius 1 is 1.25 bits per heavy atom. The summed E-state index contributed by atoms with van der Waals surface area (Å²) in [7, 11) is -1.08. The third-order valence-corrected chi connectivity index (χ3v) is 3.79. The van der Waals surface area contributed by atoms with E-state index in [2.05, 4.69) is 19.6 Å². The highest BCUT2D eigenvalue weighted by Crippen LogP contribution is 2.13.